The fourth-order valence-corrected chi connectivity index (χ4v) is 3.30. The van der Waals surface area contributed by atoms with Gasteiger partial charge in [-0.3, -0.25) is 4.79 Å². The number of hydrogen-bond acceptors (Lipinski definition) is 4. The Morgan fingerprint density at radius 1 is 1.37 bits per heavy atom. The van der Waals surface area contributed by atoms with E-state index in [9.17, 15) is 4.79 Å². The molecule has 0 spiro atoms. The number of carbonyl (C=O) groups excluding carboxylic acids is 1. The van der Waals surface area contributed by atoms with Gasteiger partial charge >= 0.3 is 0 Å². The van der Waals surface area contributed by atoms with E-state index in [1.807, 2.05) is 29.8 Å². The molecule has 1 N–H and O–H groups in total. The SMILES string of the molecule is CC(C)c1nc(CC(=O)NC(C)c2cccs2)cs1. The van der Waals surface area contributed by atoms with Crippen molar-refractivity contribution in [3.63, 3.8) is 0 Å². The summed E-state index contributed by atoms with van der Waals surface area (Å²) in [7, 11) is 0. The highest BCUT2D eigenvalue weighted by Crippen LogP contribution is 2.20. The van der Waals surface area contributed by atoms with Crippen LogP contribution in [0, 0.1) is 0 Å². The van der Waals surface area contributed by atoms with E-state index in [0.29, 0.717) is 12.3 Å². The summed E-state index contributed by atoms with van der Waals surface area (Å²) < 4.78 is 0. The standard InChI is InChI=1S/C14H18N2OS2/c1-9(2)14-16-11(8-19-14)7-13(17)15-10(3)12-5-4-6-18-12/h4-6,8-10H,7H2,1-3H3,(H,15,17). The molecule has 0 fully saturated rings. The zero-order chi connectivity index (χ0) is 13.8. The van der Waals surface area contributed by atoms with E-state index in [0.717, 1.165) is 10.7 Å². The molecule has 2 aromatic rings. The minimum atomic E-state index is 0.0292. The molecule has 102 valence electrons. The van der Waals surface area contributed by atoms with Gasteiger partial charge in [-0.05, 0) is 18.4 Å². The second kappa shape index (κ2) is 6.30. The molecule has 0 saturated heterocycles. The van der Waals surface area contributed by atoms with Crippen molar-refractivity contribution in [1.82, 2.24) is 10.3 Å². The van der Waals surface area contributed by atoms with Gasteiger partial charge in [0.2, 0.25) is 5.91 Å². The topological polar surface area (TPSA) is 42.0 Å². The Bertz CT molecular complexity index is 531. The number of thiophene rings is 1. The molecule has 19 heavy (non-hydrogen) atoms. The number of amides is 1. The number of rotatable bonds is 5. The quantitative estimate of drug-likeness (QED) is 0.912. The minimum Gasteiger partial charge on any atom is -0.348 e. The lowest BCUT2D eigenvalue weighted by atomic mass is 10.2. The van der Waals surface area contributed by atoms with Crippen molar-refractivity contribution in [3.8, 4) is 0 Å². The average molecular weight is 294 g/mol. The molecule has 0 bridgehead atoms. The van der Waals surface area contributed by atoms with E-state index in [1.54, 1.807) is 22.7 Å². The van der Waals surface area contributed by atoms with Gasteiger partial charge in [-0.25, -0.2) is 4.98 Å². The van der Waals surface area contributed by atoms with E-state index >= 15 is 0 Å². The van der Waals surface area contributed by atoms with Crippen molar-refractivity contribution in [1.29, 1.82) is 0 Å². The molecular weight excluding hydrogens is 276 g/mol. The molecule has 0 saturated carbocycles. The lowest BCUT2D eigenvalue weighted by Crippen LogP contribution is -2.27. The molecule has 1 amide bonds. The fourth-order valence-electron chi connectivity index (χ4n) is 1.73. The number of hydrogen-bond donors (Lipinski definition) is 1. The normalized spacial score (nSPS) is 12.6. The smallest absolute Gasteiger partial charge is 0.226 e. The summed E-state index contributed by atoms with van der Waals surface area (Å²) in [5.74, 6) is 0.452. The van der Waals surface area contributed by atoms with Crippen LogP contribution in [0.25, 0.3) is 0 Å². The highest BCUT2D eigenvalue weighted by atomic mass is 32.1. The van der Waals surface area contributed by atoms with Crippen LogP contribution < -0.4 is 5.32 Å². The van der Waals surface area contributed by atoms with Crippen LogP contribution in [0.15, 0.2) is 22.9 Å². The van der Waals surface area contributed by atoms with Gasteiger partial charge in [0, 0.05) is 16.2 Å². The molecule has 0 aliphatic rings. The molecule has 0 aliphatic heterocycles. The number of aromatic nitrogens is 1. The van der Waals surface area contributed by atoms with Gasteiger partial charge in [0.05, 0.1) is 23.2 Å². The van der Waals surface area contributed by atoms with Crippen LogP contribution in [-0.4, -0.2) is 10.9 Å². The van der Waals surface area contributed by atoms with Crippen LogP contribution >= 0.6 is 22.7 Å². The molecule has 5 heteroatoms. The first-order valence-electron chi connectivity index (χ1n) is 6.33. The monoisotopic (exact) mass is 294 g/mol. The molecule has 2 rings (SSSR count). The average Bonchev–Trinajstić information content (AvgIpc) is 2.98. The largest absolute Gasteiger partial charge is 0.348 e. The maximum atomic E-state index is 12.0. The van der Waals surface area contributed by atoms with Crippen molar-refractivity contribution >= 4 is 28.6 Å². The Balaban J connectivity index is 1.90. The summed E-state index contributed by atoms with van der Waals surface area (Å²) in [5.41, 5.74) is 0.865. The number of carbonyl (C=O) groups is 1. The molecule has 3 nitrogen and oxygen atoms in total. The molecule has 0 radical (unpaired) electrons. The second-order valence-electron chi connectivity index (χ2n) is 4.81. The molecule has 1 atom stereocenters. The van der Waals surface area contributed by atoms with Crippen molar-refractivity contribution in [2.45, 2.75) is 39.2 Å². The molecule has 0 aromatic carbocycles. The maximum absolute atomic E-state index is 12.0. The van der Waals surface area contributed by atoms with Crippen molar-refractivity contribution in [2.75, 3.05) is 0 Å². The molecule has 2 heterocycles. The van der Waals surface area contributed by atoms with Gasteiger partial charge in [-0.2, -0.15) is 0 Å². The predicted octanol–water partition coefficient (Wildman–Crippen LogP) is 3.75. The summed E-state index contributed by atoms with van der Waals surface area (Å²) >= 11 is 3.29. The van der Waals surface area contributed by atoms with E-state index < -0.39 is 0 Å². The summed E-state index contributed by atoms with van der Waals surface area (Å²) in [6.07, 6.45) is 0.360. The molecule has 1 unspecified atom stereocenters. The first-order valence-corrected chi connectivity index (χ1v) is 8.09. The summed E-state index contributed by atoms with van der Waals surface area (Å²) in [4.78, 5) is 17.6. The lowest BCUT2D eigenvalue weighted by molar-refractivity contribution is -0.121. The van der Waals surface area contributed by atoms with Gasteiger partial charge in [0.15, 0.2) is 0 Å². The number of nitrogens with one attached hydrogen (secondary N) is 1. The van der Waals surface area contributed by atoms with E-state index in [2.05, 4.69) is 24.1 Å². The Morgan fingerprint density at radius 2 is 2.16 bits per heavy atom. The van der Waals surface area contributed by atoms with Crippen LogP contribution in [0.2, 0.25) is 0 Å². The zero-order valence-electron chi connectivity index (χ0n) is 11.3. The summed E-state index contributed by atoms with van der Waals surface area (Å²) in [6.45, 7) is 6.23. The van der Waals surface area contributed by atoms with E-state index in [-0.39, 0.29) is 11.9 Å². The lowest BCUT2D eigenvalue weighted by Gasteiger charge is -2.11. The number of thiazole rings is 1. The Hall–Kier alpha value is -1.20. The van der Waals surface area contributed by atoms with Crippen molar-refractivity contribution in [2.24, 2.45) is 0 Å². The van der Waals surface area contributed by atoms with Crippen LogP contribution in [0.1, 0.15) is 48.3 Å². The number of nitrogens with zero attached hydrogens (tertiary/aromatic N) is 1. The highest BCUT2D eigenvalue weighted by Gasteiger charge is 2.13. The highest BCUT2D eigenvalue weighted by molar-refractivity contribution is 7.10. The van der Waals surface area contributed by atoms with Crippen molar-refractivity contribution < 1.29 is 4.79 Å². The third kappa shape index (κ3) is 3.88. The summed E-state index contributed by atoms with van der Waals surface area (Å²) in [6, 6.07) is 4.10. The maximum Gasteiger partial charge on any atom is 0.226 e. The molecule has 0 aliphatic carbocycles. The zero-order valence-corrected chi connectivity index (χ0v) is 13.0. The Morgan fingerprint density at radius 3 is 2.74 bits per heavy atom. The van der Waals surface area contributed by atoms with Crippen LogP contribution in [-0.2, 0) is 11.2 Å². The third-order valence-electron chi connectivity index (χ3n) is 2.75. The molecule has 2 aromatic heterocycles. The second-order valence-corrected chi connectivity index (χ2v) is 6.68. The Kier molecular flexibility index (Phi) is 4.71. The van der Waals surface area contributed by atoms with Crippen molar-refractivity contribution in [3.05, 3.63) is 38.5 Å². The fraction of sp³-hybridized carbons (Fsp3) is 0.429. The first-order chi connectivity index (χ1) is 9.06. The van der Waals surface area contributed by atoms with Gasteiger partial charge in [0.25, 0.3) is 0 Å². The minimum absolute atomic E-state index is 0.0292. The molecular formula is C14H18N2OS2. The summed E-state index contributed by atoms with van der Waals surface area (Å²) in [5, 5.41) is 8.10. The van der Waals surface area contributed by atoms with E-state index in [4.69, 9.17) is 0 Å². The van der Waals surface area contributed by atoms with Gasteiger partial charge < -0.3 is 5.32 Å². The van der Waals surface area contributed by atoms with Crippen LogP contribution in [0.4, 0.5) is 0 Å². The van der Waals surface area contributed by atoms with Crippen LogP contribution in [0.3, 0.4) is 0 Å². The Labute approximate surface area is 121 Å². The van der Waals surface area contributed by atoms with Gasteiger partial charge in [-0.1, -0.05) is 19.9 Å². The van der Waals surface area contributed by atoms with E-state index in [1.165, 1.54) is 4.88 Å². The third-order valence-corrected chi connectivity index (χ3v) is 5.00. The predicted molar refractivity (Wildman–Crippen MR) is 80.8 cm³/mol. The van der Waals surface area contributed by atoms with Crippen LogP contribution in [0.5, 0.6) is 0 Å². The van der Waals surface area contributed by atoms with Gasteiger partial charge in [0.1, 0.15) is 0 Å². The van der Waals surface area contributed by atoms with Gasteiger partial charge in [-0.15, -0.1) is 22.7 Å². The first kappa shape index (κ1) is 14.2.